The molecule has 0 spiro atoms. The van der Waals surface area contributed by atoms with E-state index in [4.69, 9.17) is 16.6 Å². The highest BCUT2D eigenvalue weighted by atomic mass is 35.5. The quantitative estimate of drug-likeness (QED) is 0.398. The Kier molecular flexibility index (Phi) is 6.54. The van der Waals surface area contributed by atoms with Gasteiger partial charge in [-0.1, -0.05) is 60.1 Å². The molecule has 5 rings (SSSR count). The molecule has 34 heavy (non-hydrogen) atoms. The van der Waals surface area contributed by atoms with Crippen LogP contribution in [0.4, 0.5) is 5.95 Å². The number of aryl methyl sites for hydroxylation is 1. The van der Waals surface area contributed by atoms with Crippen molar-refractivity contribution in [3.05, 3.63) is 94.5 Å². The van der Waals surface area contributed by atoms with E-state index in [0.717, 1.165) is 55.0 Å². The number of halogens is 1. The monoisotopic (exact) mass is 472 g/mol. The second-order valence-corrected chi connectivity index (χ2v) is 9.46. The summed E-state index contributed by atoms with van der Waals surface area (Å²) in [6.45, 7) is 5.06. The van der Waals surface area contributed by atoms with Gasteiger partial charge in [0.1, 0.15) is 0 Å². The molecule has 0 saturated carbocycles. The average Bonchev–Trinajstić information content (AvgIpc) is 3.22. The Labute approximate surface area is 205 Å². The van der Waals surface area contributed by atoms with E-state index < -0.39 is 0 Å². The van der Waals surface area contributed by atoms with Gasteiger partial charge in [0.15, 0.2) is 0 Å². The van der Waals surface area contributed by atoms with Crippen LogP contribution >= 0.6 is 11.6 Å². The molecule has 1 N–H and O–H groups in total. The third kappa shape index (κ3) is 4.80. The zero-order chi connectivity index (χ0) is 23.5. The van der Waals surface area contributed by atoms with Gasteiger partial charge < -0.3 is 14.8 Å². The average molecular weight is 473 g/mol. The lowest BCUT2D eigenvalue weighted by Gasteiger charge is -2.32. The molecule has 0 aliphatic carbocycles. The van der Waals surface area contributed by atoms with Crippen LogP contribution < -0.4 is 10.2 Å². The number of para-hydroxylation sites is 2. The van der Waals surface area contributed by atoms with Crippen LogP contribution in [0.5, 0.6) is 0 Å². The molecular weight excluding hydrogens is 444 g/mol. The van der Waals surface area contributed by atoms with Crippen molar-refractivity contribution in [1.29, 1.82) is 0 Å². The lowest BCUT2D eigenvalue weighted by Crippen LogP contribution is -2.41. The molecule has 0 atom stereocenters. The third-order valence-corrected chi connectivity index (χ3v) is 6.96. The molecule has 0 unspecified atom stereocenters. The largest absolute Gasteiger partial charge is 0.352 e. The first kappa shape index (κ1) is 22.5. The summed E-state index contributed by atoms with van der Waals surface area (Å²) in [6.07, 6.45) is 1.63. The van der Waals surface area contributed by atoms with Gasteiger partial charge in [-0.3, -0.25) is 4.79 Å². The fourth-order valence-corrected chi connectivity index (χ4v) is 4.95. The van der Waals surface area contributed by atoms with Crippen LogP contribution in [0, 0.1) is 12.8 Å². The predicted molar refractivity (Wildman–Crippen MR) is 138 cm³/mol. The van der Waals surface area contributed by atoms with E-state index in [1.54, 1.807) is 0 Å². The van der Waals surface area contributed by atoms with Gasteiger partial charge in [0.2, 0.25) is 11.9 Å². The van der Waals surface area contributed by atoms with E-state index in [1.807, 2.05) is 30.3 Å². The number of amides is 1. The van der Waals surface area contributed by atoms with Gasteiger partial charge in [-0.25, -0.2) is 4.98 Å². The minimum Gasteiger partial charge on any atom is -0.352 e. The summed E-state index contributed by atoms with van der Waals surface area (Å²) in [6, 6.07) is 24.4. The van der Waals surface area contributed by atoms with Crippen molar-refractivity contribution in [2.45, 2.75) is 32.9 Å². The standard InChI is InChI=1S/C28H29ClN4O/c1-20-7-2-3-9-23(20)19-33-26-12-5-4-11-25(26)31-28(33)32-15-13-22(14-16-32)27(34)30-18-21-8-6-10-24(29)17-21/h2-12,17,22H,13-16,18-19H2,1H3,(H,30,34). The van der Waals surface area contributed by atoms with E-state index in [0.29, 0.717) is 11.6 Å². The number of nitrogens with zero attached hydrogens (tertiary/aromatic N) is 3. The first-order valence-corrected chi connectivity index (χ1v) is 12.2. The Bertz CT molecular complexity index is 1310. The lowest BCUT2D eigenvalue weighted by molar-refractivity contribution is -0.125. The second-order valence-electron chi connectivity index (χ2n) is 9.02. The smallest absolute Gasteiger partial charge is 0.223 e. The number of hydrogen-bond donors (Lipinski definition) is 1. The fraction of sp³-hybridized carbons (Fsp3) is 0.286. The van der Waals surface area contributed by atoms with Gasteiger partial charge in [0.05, 0.1) is 17.6 Å². The van der Waals surface area contributed by atoms with E-state index in [9.17, 15) is 4.79 Å². The molecule has 0 bridgehead atoms. The number of imidazole rings is 1. The highest BCUT2D eigenvalue weighted by molar-refractivity contribution is 6.30. The van der Waals surface area contributed by atoms with Crippen LogP contribution in [0.15, 0.2) is 72.8 Å². The number of fused-ring (bicyclic) bond motifs is 1. The normalized spacial score (nSPS) is 14.5. The molecule has 174 valence electrons. The van der Waals surface area contributed by atoms with Crippen LogP contribution in [0.3, 0.4) is 0 Å². The first-order valence-electron chi connectivity index (χ1n) is 11.9. The molecular formula is C28H29ClN4O. The fourth-order valence-electron chi connectivity index (χ4n) is 4.74. The topological polar surface area (TPSA) is 50.2 Å². The predicted octanol–water partition coefficient (Wildman–Crippen LogP) is 5.58. The summed E-state index contributed by atoms with van der Waals surface area (Å²) in [5.41, 5.74) is 5.74. The highest BCUT2D eigenvalue weighted by Crippen LogP contribution is 2.28. The summed E-state index contributed by atoms with van der Waals surface area (Å²) in [5, 5.41) is 3.77. The Balaban J connectivity index is 1.29. The number of carbonyl (C=O) groups excluding carboxylic acids is 1. The van der Waals surface area contributed by atoms with Gasteiger partial charge in [-0.2, -0.15) is 0 Å². The summed E-state index contributed by atoms with van der Waals surface area (Å²) >= 11 is 6.06. The number of anilines is 1. The van der Waals surface area contributed by atoms with Gasteiger partial charge >= 0.3 is 0 Å². The van der Waals surface area contributed by atoms with Crippen LogP contribution in [0.25, 0.3) is 11.0 Å². The minimum absolute atomic E-state index is 0.0182. The Morgan fingerprint density at radius 3 is 2.59 bits per heavy atom. The minimum atomic E-state index is 0.0182. The molecule has 2 heterocycles. The molecule has 6 heteroatoms. The maximum absolute atomic E-state index is 12.8. The van der Waals surface area contributed by atoms with Crippen LogP contribution in [0.2, 0.25) is 5.02 Å². The SMILES string of the molecule is Cc1ccccc1Cn1c(N2CCC(C(=O)NCc3cccc(Cl)c3)CC2)nc2ccccc21. The molecule has 1 aliphatic rings. The van der Waals surface area contributed by atoms with E-state index >= 15 is 0 Å². The zero-order valence-electron chi connectivity index (χ0n) is 19.4. The molecule has 3 aromatic carbocycles. The summed E-state index contributed by atoms with van der Waals surface area (Å²) < 4.78 is 2.32. The maximum Gasteiger partial charge on any atom is 0.223 e. The van der Waals surface area contributed by atoms with E-state index in [-0.39, 0.29) is 11.8 Å². The van der Waals surface area contributed by atoms with Crippen LogP contribution in [-0.4, -0.2) is 28.5 Å². The van der Waals surface area contributed by atoms with Crippen molar-refractivity contribution >= 4 is 34.5 Å². The number of aromatic nitrogens is 2. The van der Waals surface area contributed by atoms with Crippen LogP contribution in [-0.2, 0) is 17.9 Å². The van der Waals surface area contributed by atoms with Crippen molar-refractivity contribution in [2.24, 2.45) is 5.92 Å². The van der Waals surface area contributed by atoms with E-state index in [2.05, 4.69) is 64.2 Å². The number of carbonyl (C=O) groups is 1. The molecule has 1 aliphatic heterocycles. The summed E-state index contributed by atoms with van der Waals surface area (Å²) in [7, 11) is 0. The van der Waals surface area contributed by atoms with Gasteiger partial charge in [-0.15, -0.1) is 0 Å². The van der Waals surface area contributed by atoms with Crippen molar-refractivity contribution < 1.29 is 4.79 Å². The third-order valence-electron chi connectivity index (χ3n) is 6.73. The number of hydrogen-bond acceptors (Lipinski definition) is 3. The Morgan fingerprint density at radius 2 is 1.79 bits per heavy atom. The van der Waals surface area contributed by atoms with Gasteiger partial charge in [0.25, 0.3) is 0 Å². The van der Waals surface area contributed by atoms with Crippen molar-refractivity contribution in [3.8, 4) is 0 Å². The molecule has 0 radical (unpaired) electrons. The van der Waals surface area contributed by atoms with Crippen molar-refractivity contribution in [1.82, 2.24) is 14.9 Å². The highest BCUT2D eigenvalue weighted by Gasteiger charge is 2.27. The second kappa shape index (κ2) is 9.90. The number of nitrogens with one attached hydrogen (secondary N) is 1. The zero-order valence-corrected chi connectivity index (χ0v) is 20.1. The number of benzene rings is 3. The molecule has 1 saturated heterocycles. The lowest BCUT2D eigenvalue weighted by atomic mass is 9.96. The number of piperidine rings is 1. The molecule has 4 aromatic rings. The van der Waals surface area contributed by atoms with Crippen molar-refractivity contribution in [2.75, 3.05) is 18.0 Å². The van der Waals surface area contributed by atoms with Gasteiger partial charge in [0, 0.05) is 30.6 Å². The summed E-state index contributed by atoms with van der Waals surface area (Å²) in [5.74, 6) is 1.12. The molecule has 5 nitrogen and oxygen atoms in total. The van der Waals surface area contributed by atoms with Crippen LogP contribution in [0.1, 0.15) is 29.5 Å². The Morgan fingerprint density at radius 1 is 1.03 bits per heavy atom. The van der Waals surface area contributed by atoms with Gasteiger partial charge in [-0.05, 0) is 60.7 Å². The molecule has 1 amide bonds. The van der Waals surface area contributed by atoms with Crippen molar-refractivity contribution in [3.63, 3.8) is 0 Å². The van der Waals surface area contributed by atoms with E-state index in [1.165, 1.54) is 11.1 Å². The maximum atomic E-state index is 12.8. The molecule has 1 aromatic heterocycles. The number of rotatable bonds is 6. The first-order chi connectivity index (χ1) is 16.6. The Hall–Kier alpha value is -3.31. The summed E-state index contributed by atoms with van der Waals surface area (Å²) in [4.78, 5) is 20.1. The molecule has 1 fully saturated rings.